The minimum absolute atomic E-state index is 0.139. The van der Waals surface area contributed by atoms with Crippen LogP contribution in [0.2, 0.25) is 0 Å². The number of hydrogen-bond donors (Lipinski definition) is 0. The molecule has 0 atom stereocenters. The number of Topliss-reactive ketones (excluding diaryl/α,β-unsaturated/α-hetero) is 1. The van der Waals surface area contributed by atoms with E-state index >= 15 is 0 Å². The van der Waals surface area contributed by atoms with E-state index in [1.54, 1.807) is 6.92 Å². The lowest BCUT2D eigenvalue weighted by Gasteiger charge is -2.11. The van der Waals surface area contributed by atoms with E-state index in [2.05, 4.69) is 24.3 Å². The topological polar surface area (TPSA) is 17.1 Å². The van der Waals surface area contributed by atoms with E-state index < -0.39 is 0 Å². The van der Waals surface area contributed by atoms with Crippen LogP contribution in [0.5, 0.6) is 0 Å². The Labute approximate surface area is 104 Å². The number of carbonyl (C=O) groups is 1. The number of ketones is 1. The molecule has 90 valence electrons. The minimum Gasteiger partial charge on any atom is -0.294 e. The van der Waals surface area contributed by atoms with Crippen molar-refractivity contribution in [2.45, 2.75) is 34.6 Å². The molecule has 17 heavy (non-hydrogen) atoms. The van der Waals surface area contributed by atoms with Crippen molar-refractivity contribution >= 4 is 11.4 Å². The van der Waals surface area contributed by atoms with Gasteiger partial charge in [-0.25, -0.2) is 0 Å². The first-order valence-corrected chi connectivity index (χ1v) is 5.92. The zero-order valence-corrected chi connectivity index (χ0v) is 11.3. The third kappa shape index (κ3) is 2.94. The summed E-state index contributed by atoms with van der Waals surface area (Å²) in [6.07, 6.45) is 6.20. The molecule has 0 aliphatic carbocycles. The largest absolute Gasteiger partial charge is 0.294 e. The van der Waals surface area contributed by atoms with Gasteiger partial charge in [0.05, 0.1) is 0 Å². The summed E-state index contributed by atoms with van der Waals surface area (Å²) in [6, 6.07) is 4.16. The van der Waals surface area contributed by atoms with Crippen LogP contribution in [0.15, 0.2) is 30.4 Å². The highest BCUT2D eigenvalue weighted by Gasteiger charge is 2.10. The third-order valence-electron chi connectivity index (χ3n) is 2.88. The van der Waals surface area contributed by atoms with Gasteiger partial charge in [-0.15, -0.1) is 0 Å². The molecule has 1 aromatic rings. The van der Waals surface area contributed by atoms with Gasteiger partial charge in [-0.05, 0) is 56.9 Å². The van der Waals surface area contributed by atoms with E-state index in [1.807, 2.05) is 33.8 Å². The maximum absolute atomic E-state index is 11.5. The second kappa shape index (κ2) is 5.62. The molecule has 0 aromatic heterocycles. The first-order chi connectivity index (χ1) is 8.01. The molecule has 0 spiro atoms. The average Bonchev–Trinajstić information content (AvgIpc) is 2.24. The van der Waals surface area contributed by atoms with Gasteiger partial charge >= 0.3 is 0 Å². The molecule has 1 heteroatoms. The number of allylic oxidation sites excluding steroid dienone is 4. The van der Waals surface area contributed by atoms with E-state index in [-0.39, 0.29) is 5.78 Å². The lowest BCUT2D eigenvalue weighted by Crippen LogP contribution is -2.01. The maximum Gasteiger partial charge on any atom is 0.160 e. The van der Waals surface area contributed by atoms with Gasteiger partial charge in [-0.1, -0.05) is 30.4 Å². The van der Waals surface area contributed by atoms with Gasteiger partial charge in [0.2, 0.25) is 0 Å². The van der Waals surface area contributed by atoms with Crippen LogP contribution in [-0.4, -0.2) is 5.78 Å². The Balaban J connectivity index is 3.37. The summed E-state index contributed by atoms with van der Waals surface area (Å²) in [4.78, 5) is 11.5. The molecule has 0 amide bonds. The van der Waals surface area contributed by atoms with Crippen molar-refractivity contribution in [1.29, 1.82) is 0 Å². The van der Waals surface area contributed by atoms with Crippen molar-refractivity contribution in [2.75, 3.05) is 0 Å². The van der Waals surface area contributed by atoms with Crippen molar-refractivity contribution in [3.8, 4) is 0 Å². The van der Waals surface area contributed by atoms with Gasteiger partial charge < -0.3 is 0 Å². The fraction of sp³-hybridized carbons (Fsp3) is 0.312. The molecule has 0 bridgehead atoms. The normalized spacial score (nSPS) is 12.2. The maximum atomic E-state index is 11.5. The Morgan fingerprint density at radius 1 is 1.12 bits per heavy atom. The molecule has 0 fully saturated rings. The molecule has 0 aliphatic rings. The van der Waals surface area contributed by atoms with E-state index in [0.29, 0.717) is 0 Å². The zero-order valence-electron chi connectivity index (χ0n) is 11.3. The molecule has 0 unspecified atom stereocenters. The van der Waals surface area contributed by atoms with Crippen molar-refractivity contribution in [3.05, 3.63) is 52.6 Å². The lowest BCUT2D eigenvalue weighted by molar-refractivity contribution is 0.101. The molecule has 0 saturated carbocycles. The molecule has 0 N–H and O–H groups in total. The molecule has 0 saturated heterocycles. The summed E-state index contributed by atoms with van der Waals surface area (Å²) >= 11 is 0. The first-order valence-electron chi connectivity index (χ1n) is 5.92. The first kappa shape index (κ1) is 13.4. The highest BCUT2D eigenvalue weighted by Crippen LogP contribution is 2.23. The van der Waals surface area contributed by atoms with Gasteiger partial charge in [-0.3, -0.25) is 4.79 Å². The van der Waals surface area contributed by atoms with Crippen LogP contribution in [0.3, 0.4) is 0 Å². The predicted octanol–water partition coefficient (Wildman–Crippen LogP) is 4.49. The number of hydrogen-bond acceptors (Lipinski definition) is 1. The lowest BCUT2D eigenvalue weighted by atomic mass is 9.93. The van der Waals surface area contributed by atoms with Crippen LogP contribution in [0.1, 0.15) is 47.8 Å². The third-order valence-corrected chi connectivity index (χ3v) is 2.88. The fourth-order valence-electron chi connectivity index (χ4n) is 2.22. The van der Waals surface area contributed by atoms with Crippen LogP contribution in [0, 0.1) is 13.8 Å². The van der Waals surface area contributed by atoms with Crippen LogP contribution in [-0.2, 0) is 0 Å². The highest BCUT2D eigenvalue weighted by molar-refractivity contribution is 5.97. The summed E-state index contributed by atoms with van der Waals surface area (Å²) in [5.74, 6) is 0.139. The number of benzene rings is 1. The van der Waals surface area contributed by atoms with E-state index in [9.17, 15) is 4.79 Å². The number of rotatable bonds is 3. The van der Waals surface area contributed by atoms with E-state index in [4.69, 9.17) is 0 Å². The summed E-state index contributed by atoms with van der Waals surface area (Å²) in [5, 5.41) is 0. The quantitative estimate of drug-likeness (QED) is 0.550. The predicted molar refractivity (Wildman–Crippen MR) is 74.4 cm³/mol. The van der Waals surface area contributed by atoms with Crippen molar-refractivity contribution in [1.82, 2.24) is 0 Å². The Kier molecular flexibility index (Phi) is 4.45. The van der Waals surface area contributed by atoms with Crippen LogP contribution in [0.4, 0.5) is 0 Å². The molecule has 1 aromatic carbocycles. The van der Waals surface area contributed by atoms with Crippen molar-refractivity contribution in [2.24, 2.45) is 0 Å². The summed E-state index contributed by atoms with van der Waals surface area (Å²) in [5.41, 5.74) is 5.32. The second-order valence-electron chi connectivity index (χ2n) is 4.29. The van der Waals surface area contributed by atoms with Gasteiger partial charge in [-0.2, -0.15) is 0 Å². The number of carbonyl (C=O) groups excluding carboxylic acids is 1. The smallest absolute Gasteiger partial charge is 0.160 e. The van der Waals surface area contributed by atoms with Crippen molar-refractivity contribution in [3.63, 3.8) is 0 Å². The highest BCUT2D eigenvalue weighted by atomic mass is 16.1. The van der Waals surface area contributed by atoms with Crippen LogP contribution < -0.4 is 0 Å². The summed E-state index contributed by atoms with van der Waals surface area (Å²) < 4.78 is 0. The van der Waals surface area contributed by atoms with E-state index in [0.717, 1.165) is 16.7 Å². The van der Waals surface area contributed by atoms with Gasteiger partial charge in [0, 0.05) is 5.56 Å². The monoisotopic (exact) mass is 228 g/mol. The molecule has 1 nitrogen and oxygen atoms in total. The zero-order chi connectivity index (χ0) is 13.0. The Bertz CT molecular complexity index is 467. The van der Waals surface area contributed by atoms with Crippen LogP contribution >= 0.6 is 0 Å². The number of aryl methyl sites for hydroxylation is 2. The Morgan fingerprint density at radius 2 is 1.65 bits per heavy atom. The van der Waals surface area contributed by atoms with E-state index in [1.165, 1.54) is 11.1 Å². The van der Waals surface area contributed by atoms with Crippen molar-refractivity contribution < 1.29 is 4.79 Å². The average molecular weight is 228 g/mol. The molecular weight excluding hydrogens is 208 g/mol. The Hall–Kier alpha value is -1.63. The molecule has 0 radical (unpaired) electrons. The second-order valence-corrected chi connectivity index (χ2v) is 4.29. The van der Waals surface area contributed by atoms with Gasteiger partial charge in [0.25, 0.3) is 0 Å². The molecule has 0 heterocycles. The molecule has 1 rings (SSSR count). The van der Waals surface area contributed by atoms with Gasteiger partial charge in [0.1, 0.15) is 0 Å². The minimum atomic E-state index is 0.139. The fourth-order valence-corrected chi connectivity index (χ4v) is 2.22. The summed E-state index contributed by atoms with van der Waals surface area (Å²) in [6.45, 7) is 9.65. The Morgan fingerprint density at radius 3 is 2.00 bits per heavy atom. The standard InChI is InChI=1S/C16H20O/c1-6-8-14(7-2)15-9-11(3)16(13(5)17)12(4)10-15/h6-10H,1-5H3. The molecular formula is C16H20O. The van der Waals surface area contributed by atoms with Crippen LogP contribution in [0.25, 0.3) is 5.57 Å². The molecule has 0 aliphatic heterocycles. The SMILES string of the molecule is CC=CC(=CC)c1cc(C)c(C(C)=O)c(C)c1. The van der Waals surface area contributed by atoms with Gasteiger partial charge in [0.15, 0.2) is 5.78 Å². The summed E-state index contributed by atoms with van der Waals surface area (Å²) in [7, 11) is 0.